The fraction of sp³-hybridized carbons (Fsp3) is 0.500. The zero-order valence-corrected chi connectivity index (χ0v) is 16.7. The highest BCUT2D eigenvalue weighted by molar-refractivity contribution is 5.94. The number of aryl methyl sites for hydroxylation is 3. The van der Waals surface area contributed by atoms with Crippen LogP contribution in [0.1, 0.15) is 46.9 Å². The molecule has 1 aromatic heterocycles. The number of alkyl carbamates (subject to hydrolysis) is 1. The van der Waals surface area contributed by atoms with E-state index in [9.17, 15) is 9.59 Å². The van der Waals surface area contributed by atoms with E-state index in [1.54, 1.807) is 14.0 Å². The molecule has 6 heteroatoms. The Hall–Kier alpha value is -2.63. The summed E-state index contributed by atoms with van der Waals surface area (Å²) < 4.78 is 7.24. The normalized spacial score (nSPS) is 23.0. The van der Waals surface area contributed by atoms with Crippen LogP contribution in [0.2, 0.25) is 0 Å². The zero-order chi connectivity index (χ0) is 19.8. The van der Waals surface area contributed by atoms with Crippen LogP contribution in [-0.2, 0) is 17.6 Å². The first-order chi connectivity index (χ1) is 13.5. The van der Waals surface area contributed by atoms with Gasteiger partial charge >= 0.3 is 6.09 Å². The van der Waals surface area contributed by atoms with Crippen molar-refractivity contribution in [3.8, 4) is 5.69 Å². The highest BCUT2D eigenvalue weighted by Crippen LogP contribution is 2.53. The van der Waals surface area contributed by atoms with Gasteiger partial charge in [0.2, 0.25) is 0 Å². The summed E-state index contributed by atoms with van der Waals surface area (Å²) in [5.41, 5.74) is 5.30. The van der Waals surface area contributed by atoms with Crippen LogP contribution in [0.4, 0.5) is 4.79 Å². The SMILES string of the molecule is CNC(=O)OCC1C2CCc3cn(-c4ccc(C(C)=O)cc4C)nc3CCC21. The van der Waals surface area contributed by atoms with Crippen LogP contribution in [-0.4, -0.2) is 35.3 Å². The first-order valence-corrected chi connectivity index (χ1v) is 10.0. The molecule has 3 atom stereocenters. The maximum absolute atomic E-state index is 11.6. The van der Waals surface area contributed by atoms with Crippen molar-refractivity contribution in [1.82, 2.24) is 15.1 Å². The molecular formula is C22H27N3O3. The average molecular weight is 381 g/mol. The molecule has 1 N–H and O–H groups in total. The predicted molar refractivity (Wildman–Crippen MR) is 106 cm³/mol. The van der Waals surface area contributed by atoms with Crippen molar-refractivity contribution in [2.24, 2.45) is 17.8 Å². The lowest BCUT2D eigenvalue weighted by Gasteiger charge is -2.07. The second-order valence-electron chi connectivity index (χ2n) is 8.02. The highest BCUT2D eigenvalue weighted by atomic mass is 16.5. The standard InChI is InChI=1S/C22H27N3O3/c1-13-10-15(14(2)26)5-9-21(13)25-11-16-4-6-17-18(7-8-20(16)24-25)19(17)12-28-22(27)23-3/h5,9-11,17-19H,4,6-8,12H2,1-3H3,(H,23,27). The van der Waals surface area contributed by atoms with Crippen molar-refractivity contribution < 1.29 is 14.3 Å². The van der Waals surface area contributed by atoms with E-state index >= 15 is 0 Å². The van der Waals surface area contributed by atoms with Crippen molar-refractivity contribution in [2.75, 3.05) is 13.7 Å². The van der Waals surface area contributed by atoms with Gasteiger partial charge in [0.15, 0.2) is 5.78 Å². The quantitative estimate of drug-likeness (QED) is 0.823. The van der Waals surface area contributed by atoms with Crippen molar-refractivity contribution in [2.45, 2.75) is 39.5 Å². The third-order valence-corrected chi connectivity index (χ3v) is 6.31. The van der Waals surface area contributed by atoms with Gasteiger partial charge in [-0.25, -0.2) is 9.48 Å². The van der Waals surface area contributed by atoms with Gasteiger partial charge in [0.05, 0.1) is 18.0 Å². The Morgan fingerprint density at radius 1 is 1.25 bits per heavy atom. The van der Waals surface area contributed by atoms with E-state index in [1.165, 1.54) is 11.3 Å². The van der Waals surface area contributed by atoms with Crippen LogP contribution in [0.25, 0.3) is 5.69 Å². The lowest BCUT2D eigenvalue weighted by Crippen LogP contribution is -2.20. The number of ether oxygens (including phenoxy) is 1. The number of hydrogen-bond donors (Lipinski definition) is 1. The van der Waals surface area contributed by atoms with Crippen LogP contribution in [0.3, 0.4) is 0 Å². The first-order valence-electron chi connectivity index (χ1n) is 10.0. The molecule has 1 heterocycles. The van der Waals surface area contributed by atoms with Crippen molar-refractivity contribution in [3.05, 3.63) is 46.8 Å². The average Bonchev–Trinajstić information content (AvgIpc) is 3.17. The van der Waals surface area contributed by atoms with Crippen molar-refractivity contribution in [1.29, 1.82) is 0 Å². The molecule has 1 amide bonds. The molecule has 0 aliphatic heterocycles. The molecule has 28 heavy (non-hydrogen) atoms. The topological polar surface area (TPSA) is 73.2 Å². The molecule has 0 spiro atoms. The Bertz CT molecular complexity index is 886. The number of benzene rings is 1. The van der Waals surface area contributed by atoms with Crippen LogP contribution in [0.15, 0.2) is 24.4 Å². The van der Waals surface area contributed by atoms with Gasteiger partial charge in [-0.15, -0.1) is 0 Å². The number of ketones is 1. The van der Waals surface area contributed by atoms with Gasteiger partial charge in [0.25, 0.3) is 0 Å². The van der Waals surface area contributed by atoms with Gasteiger partial charge < -0.3 is 10.1 Å². The number of fused-ring (bicyclic) bond motifs is 2. The van der Waals surface area contributed by atoms with E-state index in [1.807, 2.05) is 29.8 Å². The molecule has 4 rings (SSSR count). The molecule has 2 aromatic rings. The van der Waals surface area contributed by atoms with E-state index in [0.717, 1.165) is 42.5 Å². The van der Waals surface area contributed by atoms with Crippen LogP contribution >= 0.6 is 0 Å². The minimum Gasteiger partial charge on any atom is -0.449 e. The Morgan fingerprint density at radius 3 is 2.68 bits per heavy atom. The van der Waals surface area contributed by atoms with E-state index in [2.05, 4.69) is 11.5 Å². The Morgan fingerprint density at radius 2 is 2.00 bits per heavy atom. The summed E-state index contributed by atoms with van der Waals surface area (Å²) in [4.78, 5) is 22.9. The third kappa shape index (κ3) is 3.55. The van der Waals surface area contributed by atoms with Gasteiger partial charge in [-0.2, -0.15) is 5.10 Å². The first kappa shape index (κ1) is 18.7. The number of nitrogens with zero attached hydrogens (tertiary/aromatic N) is 2. The van der Waals surface area contributed by atoms with E-state index in [0.29, 0.717) is 24.4 Å². The largest absolute Gasteiger partial charge is 0.449 e. The summed E-state index contributed by atoms with van der Waals surface area (Å²) in [7, 11) is 1.59. The van der Waals surface area contributed by atoms with Crippen molar-refractivity contribution >= 4 is 11.9 Å². The molecule has 3 unspecified atom stereocenters. The lowest BCUT2D eigenvalue weighted by atomic mass is 9.99. The maximum atomic E-state index is 11.6. The molecule has 1 saturated carbocycles. The molecule has 148 valence electrons. The van der Waals surface area contributed by atoms with Gasteiger partial charge in [0.1, 0.15) is 0 Å². The number of Topliss-reactive ketones (excluding diaryl/α,β-unsaturated/α-hetero) is 1. The second-order valence-corrected chi connectivity index (χ2v) is 8.02. The Balaban J connectivity index is 1.46. The number of carbonyl (C=O) groups excluding carboxylic acids is 2. The summed E-state index contributed by atoms with van der Waals surface area (Å²) >= 11 is 0. The number of rotatable bonds is 4. The van der Waals surface area contributed by atoms with Gasteiger partial charge in [0, 0.05) is 18.8 Å². The predicted octanol–water partition coefficient (Wildman–Crippen LogP) is 3.48. The summed E-state index contributed by atoms with van der Waals surface area (Å²) in [6, 6.07) is 5.79. The molecule has 0 radical (unpaired) electrons. The minimum absolute atomic E-state index is 0.0801. The number of nitrogens with one attached hydrogen (secondary N) is 1. The summed E-state index contributed by atoms with van der Waals surface area (Å²) in [6.07, 6.45) is 5.99. The van der Waals surface area contributed by atoms with Crippen LogP contribution in [0, 0.1) is 24.7 Å². The zero-order valence-electron chi connectivity index (χ0n) is 16.7. The molecule has 0 bridgehead atoms. The third-order valence-electron chi connectivity index (χ3n) is 6.31. The Labute approximate surface area is 165 Å². The fourth-order valence-corrected chi connectivity index (χ4v) is 4.62. The van der Waals surface area contributed by atoms with Crippen LogP contribution < -0.4 is 5.32 Å². The molecule has 2 aliphatic rings. The molecule has 0 saturated heterocycles. The van der Waals surface area contributed by atoms with Crippen LogP contribution in [0.5, 0.6) is 0 Å². The molecule has 6 nitrogen and oxygen atoms in total. The number of amides is 1. The molecule has 2 aliphatic carbocycles. The summed E-state index contributed by atoms with van der Waals surface area (Å²) in [5, 5.41) is 7.37. The van der Waals surface area contributed by atoms with E-state index < -0.39 is 0 Å². The fourth-order valence-electron chi connectivity index (χ4n) is 4.62. The smallest absolute Gasteiger partial charge is 0.406 e. The van der Waals surface area contributed by atoms with Crippen molar-refractivity contribution in [3.63, 3.8) is 0 Å². The van der Waals surface area contributed by atoms with Gasteiger partial charge in [-0.1, -0.05) is 0 Å². The molecular weight excluding hydrogens is 354 g/mol. The number of carbonyl (C=O) groups is 2. The Kier molecular flexibility index (Phi) is 4.96. The minimum atomic E-state index is -0.343. The van der Waals surface area contributed by atoms with E-state index in [-0.39, 0.29) is 11.9 Å². The van der Waals surface area contributed by atoms with Gasteiger partial charge in [-0.05, 0) is 86.6 Å². The number of aromatic nitrogens is 2. The molecule has 1 aromatic carbocycles. The highest BCUT2D eigenvalue weighted by Gasteiger charge is 2.50. The summed E-state index contributed by atoms with van der Waals surface area (Å²) in [6.45, 7) is 4.13. The lowest BCUT2D eigenvalue weighted by molar-refractivity contribution is 0.101. The number of hydrogen-bond acceptors (Lipinski definition) is 4. The summed E-state index contributed by atoms with van der Waals surface area (Å²) in [5.74, 6) is 1.86. The monoisotopic (exact) mass is 381 g/mol. The second kappa shape index (κ2) is 7.41. The maximum Gasteiger partial charge on any atom is 0.406 e. The van der Waals surface area contributed by atoms with Gasteiger partial charge in [-0.3, -0.25) is 4.79 Å². The van der Waals surface area contributed by atoms with E-state index in [4.69, 9.17) is 9.84 Å². The molecule has 1 fully saturated rings.